The topological polar surface area (TPSA) is 99.5 Å². The summed E-state index contributed by atoms with van der Waals surface area (Å²) in [6.45, 7) is 3.87. The number of carbonyl (C=O) groups excluding carboxylic acids is 1. The molecule has 1 aliphatic carbocycles. The van der Waals surface area contributed by atoms with Crippen LogP contribution in [0.3, 0.4) is 0 Å². The molecule has 2 N–H and O–H groups in total. The van der Waals surface area contributed by atoms with Gasteiger partial charge in [-0.15, -0.1) is 0 Å². The van der Waals surface area contributed by atoms with E-state index in [-0.39, 0.29) is 12.1 Å². The van der Waals surface area contributed by atoms with Crippen LogP contribution in [0.4, 0.5) is 10.5 Å². The number of hydrogen-bond donors (Lipinski definition) is 2. The van der Waals surface area contributed by atoms with Gasteiger partial charge in [-0.2, -0.15) is 5.26 Å². The van der Waals surface area contributed by atoms with Gasteiger partial charge >= 0.3 is 6.03 Å². The van der Waals surface area contributed by atoms with Gasteiger partial charge in [0.1, 0.15) is 23.3 Å². The Bertz CT molecular complexity index is 1320. The van der Waals surface area contributed by atoms with Gasteiger partial charge in [0.05, 0.1) is 28.4 Å². The van der Waals surface area contributed by atoms with Crippen LogP contribution in [-0.4, -0.2) is 48.2 Å². The first-order chi connectivity index (χ1) is 18.1. The number of halogens is 1. The lowest BCUT2D eigenvalue weighted by Gasteiger charge is -2.26. The molecule has 2 aliphatic rings. The highest BCUT2D eigenvalue weighted by Gasteiger charge is 2.23. The molecule has 192 valence electrons. The Kier molecular flexibility index (Phi) is 7.93. The molecule has 5 rings (SSSR count). The molecule has 1 saturated carbocycles. The fourth-order valence-electron chi connectivity index (χ4n) is 4.46. The number of nitrogens with one attached hydrogen (secondary N) is 2. The molecule has 3 aromatic rings. The molecule has 2 fully saturated rings. The number of ether oxygens (including phenoxy) is 2. The van der Waals surface area contributed by atoms with Crippen molar-refractivity contribution in [3.05, 3.63) is 53.2 Å². The summed E-state index contributed by atoms with van der Waals surface area (Å²) in [7, 11) is 0. The van der Waals surface area contributed by atoms with E-state index in [0.29, 0.717) is 51.0 Å². The van der Waals surface area contributed by atoms with Crippen molar-refractivity contribution in [2.75, 3.05) is 31.6 Å². The zero-order valence-electron chi connectivity index (χ0n) is 20.6. The molecule has 9 heteroatoms. The van der Waals surface area contributed by atoms with E-state index in [4.69, 9.17) is 21.1 Å². The van der Waals surface area contributed by atoms with Crippen LogP contribution in [-0.2, 0) is 0 Å². The van der Waals surface area contributed by atoms with Crippen LogP contribution in [0.2, 0.25) is 5.02 Å². The second kappa shape index (κ2) is 11.7. The minimum atomic E-state index is -0.272. The number of fused-ring (bicyclic) bond motifs is 1. The van der Waals surface area contributed by atoms with Crippen LogP contribution in [0.1, 0.15) is 44.1 Å². The number of rotatable bonds is 9. The summed E-state index contributed by atoms with van der Waals surface area (Å²) >= 11 is 6.39. The number of nitrogens with zero attached hydrogens (tertiary/aromatic N) is 3. The molecule has 0 spiro atoms. The Hall–Kier alpha value is -3.54. The number of hydrogen-bond acceptors (Lipinski definition) is 6. The van der Waals surface area contributed by atoms with E-state index < -0.39 is 0 Å². The molecule has 0 radical (unpaired) electrons. The number of piperidine rings is 1. The number of nitriles is 1. The highest BCUT2D eigenvalue weighted by molar-refractivity contribution is 6.33. The predicted molar refractivity (Wildman–Crippen MR) is 144 cm³/mol. The number of anilines is 1. The third kappa shape index (κ3) is 6.62. The van der Waals surface area contributed by atoms with E-state index in [2.05, 4.69) is 26.6 Å². The first-order valence-corrected chi connectivity index (χ1v) is 13.2. The average Bonchev–Trinajstić information content (AvgIpc) is 3.72. The van der Waals surface area contributed by atoms with Gasteiger partial charge in [-0.05, 0) is 69.5 Å². The molecular formula is C28H30ClN5O3. The van der Waals surface area contributed by atoms with Crippen molar-refractivity contribution < 1.29 is 14.3 Å². The maximum atomic E-state index is 12.0. The van der Waals surface area contributed by atoms with Gasteiger partial charge in [-0.1, -0.05) is 18.0 Å². The molecule has 1 saturated heterocycles. The number of likely N-dealkylation sites (tertiary alicyclic amines) is 1. The lowest BCUT2D eigenvalue weighted by molar-refractivity contribution is 0.205. The summed E-state index contributed by atoms with van der Waals surface area (Å²) in [5.74, 6) is 1.57. The van der Waals surface area contributed by atoms with E-state index >= 15 is 0 Å². The fraction of sp³-hybridized carbons (Fsp3) is 0.393. The zero-order chi connectivity index (χ0) is 25.6. The molecule has 0 unspecified atom stereocenters. The van der Waals surface area contributed by atoms with Crippen LogP contribution >= 0.6 is 11.6 Å². The van der Waals surface area contributed by atoms with Gasteiger partial charge in [0.25, 0.3) is 0 Å². The Labute approximate surface area is 221 Å². The maximum Gasteiger partial charge on any atom is 0.319 e. The normalized spacial score (nSPS) is 15.7. The van der Waals surface area contributed by atoms with E-state index in [1.54, 1.807) is 42.6 Å². The van der Waals surface area contributed by atoms with Crippen molar-refractivity contribution in [2.45, 2.75) is 44.6 Å². The summed E-state index contributed by atoms with van der Waals surface area (Å²) < 4.78 is 12.1. The van der Waals surface area contributed by atoms with Crippen molar-refractivity contribution in [2.24, 2.45) is 0 Å². The van der Waals surface area contributed by atoms with Crippen LogP contribution in [0.15, 0.2) is 42.6 Å². The Morgan fingerprint density at radius 1 is 1.14 bits per heavy atom. The number of urea groups is 1. The molecular weight excluding hydrogens is 490 g/mol. The van der Waals surface area contributed by atoms with Crippen LogP contribution < -0.4 is 20.1 Å². The summed E-state index contributed by atoms with van der Waals surface area (Å²) in [5, 5.41) is 16.4. The monoisotopic (exact) mass is 519 g/mol. The molecule has 1 aliphatic heterocycles. The quantitative estimate of drug-likeness (QED) is 0.332. The first kappa shape index (κ1) is 25.1. The van der Waals surface area contributed by atoms with Crippen molar-refractivity contribution in [3.63, 3.8) is 0 Å². The van der Waals surface area contributed by atoms with Crippen LogP contribution in [0.25, 0.3) is 10.9 Å². The smallest absolute Gasteiger partial charge is 0.319 e. The molecule has 0 bridgehead atoms. The van der Waals surface area contributed by atoms with Crippen LogP contribution in [0, 0.1) is 11.3 Å². The largest absolute Gasteiger partial charge is 0.492 e. The highest BCUT2D eigenvalue weighted by atomic mass is 35.5. The third-order valence-corrected chi connectivity index (χ3v) is 6.89. The van der Waals surface area contributed by atoms with Crippen molar-refractivity contribution >= 4 is 34.2 Å². The lowest BCUT2D eigenvalue weighted by Crippen LogP contribution is -2.31. The Morgan fingerprint density at radius 2 is 1.97 bits per heavy atom. The second-order valence-corrected chi connectivity index (χ2v) is 9.91. The molecule has 1 aromatic heterocycles. The Balaban J connectivity index is 1.26. The summed E-state index contributed by atoms with van der Waals surface area (Å²) in [6.07, 6.45) is 8.44. The molecule has 2 aromatic carbocycles. The SMILES string of the molecule is N#Cc1cc2c(Oc3ccc(NC(=O)NC4CC4)c(Cl)c3)ccnc2cc1OCCCN1CCCCC1. The van der Waals surface area contributed by atoms with Gasteiger partial charge in [0.2, 0.25) is 0 Å². The van der Waals surface area contributed by atoms with E-state index in [9.17, 15) is 10.1 Å². The average molecular weight is 520 g/mol. The van der Waals surface area contributed by atoms with Gasteiger partial charge in [0.15, 0.2) is 0 Å². The van der Waals surface area contributed by atoms with E-state index in [0.717, 1.165) is 38.9 Å². The zero-order valence-corrected chi connectivity index (χ0v) is 21.4. The maximum absolute atomic E-state index is 12.0. The van der Waals surface area contributed by atoms with Gasteiger partial charge in [0, 0.05) is 36.3 Å². The van der Waals surface area contributed by atoms with Gasteiger partial charge < -0.3 is 25.0 Å². The molecule has 2 heterocycles. The van der Waals surface area contributed by atoms with Crippen molar-refractivity contribution in [1.29, 1.82) is 5.26 Å². The Morgan fingerprint density at radius 3 is 2.73 bits per heavy atom. The summed E-state index contributed by atoms with van der Waals surface area (Å²) in [4.78, 5) is 19.0. The number of benzene rings is 2. The number of carbonyl (C=O) groups is 1. The van der Waals surface area contributed by atoms with Gasteiger partial charge in [-0.25, -0.2) is 4.79 Å². The fourth-order valence-corrected chi connectivity index (χ4v) is 4.67. The molecule has 8 nitrogen and oxygen atoms in total. The first-order valence-electron chi connectivity index (χ1n) is 12.8. The standard InChI is InChI=1S/C28H30ClN5O3/c29-23-16-21(7-8-24(23)33-28(35)32-20-5-6-20)37-26-9-10-31-25-17-27(19(18-30)15-22(25)26)36-14-4-13-34-11-2-1-3-12-34/h7-10,15-17,20H,1-6,11-14H2,(H2,32,33,35). The minimum Gasteiger partial charge on any atom is -0.492 e. The van der Waals surface area contributed by atoms with E-state index in [1.807, 2.05) is 0 Å². The minimum absolute atomic E-state index is 0.255. The van der Waals surface area contributed by atoms with Crippen molar-refractivity contribution in [1.82, 2.24) is 15.2 Å². The molecule has 2 amide bonds. The molecule has 37 heavy (non-hydrogen) atoms. The third-order valence-electron chi connectivity index (χ3n) is 6.58. The number of pyridine rings is 1. The number of aromatic nitrogens is 1. The van der Waals surface area contributed by atoms with E-state index in [1.165, 1.54) is 19.3 Å². The molecule has 0 atom stereocenters. The number of amides is 2. The van der Waals surface area contributed by atoms with Gasteiger partial charge in [-0.3, -0.25) is 4.98 Å². The van der Waals surface area contributed by atoms with Crippen molar-refractivity contribution in [3.8, 4) is 23.3 Å². The lowest BCUT2D eigenvalue weighted by atomic mass is 10.1. The highest BCUT2D eigenvalue weighted by Crippen LogP contribution is 2.35. The summed E-state index contributed by atoms with van der Waals surface area (Å²) in [6, 6.07) is 12.6. The second-order valence-electron chi connectivity index (χ2n) is 9.51. The van der Waals surface area contributed by atoms with Crippen LogP contribution in [0.5, 0.6) is 17.2 Å². The predicted octanol–water partition coefficient (Wildman–Crippen LogP) is 6.09. The summed E-state index contributed by atoms with van der Waals surface area (Å²) in [5.41, 5.74) is 1.60.